The van der Waals surface area contributed by atoms with Crippen LogP contribution in [0, 0.1) is 12.8 Å². The van der Waals surface area contributed by atoms with Gasteiger partial charge in [-0.1, -0.05) is 44.6 Å². The number of hydrogen-bond acceptors (Lipinski definition) is 9. The molecule has 4 aromatic rings. The number of anilines is 1. The second-order valence-electron chi connectivity index (χ2n) is 14.3. The monoisotopic (exact) mass is 646 g/mol. The number of hydrogen-bond donors (Lipinski definition) is 0. The number of likely N-dealkylation sites (N-methyl/N-ethyl adjacent to an activating group) is 1. The number of piperazine rings is 1. The van der Waals surface area contributed by atoms with Crippen molar-refractivity contribution in [1.82, 2.24) is 19.9 Å². The summed E-state index contributed by atoms with van der Waals surface area (Å²) in [5.41, 5.74) is 7.25. The predicted molar refractivity (Wildman–Crippen MR) is 186 cm³/mol. The Balaban J connectivity index is 1.25. The molecular formula is C39H44N5O4-. The maximum atomic E-state index is 13.2. The summed E-state index contributed by atoms with van der Waals surface area (Å²) in [5.74, 6) is 1.45. The van der Waals surface area contributed by atoms with E-state index in [-0.39, 0.29) is 24.9 Å². The van der Waals surface area contributed by atoms with Crippen molar-refractivity contribution >= 4 is 28.4 Å². The highest BCUT2D eigenvalue weighted by Gasteiger charge is 2.32. The van der Waals surface area contributed by atoms with Crippen molar-refractivity contribution in [2.75, 3.05) is 51.3 Å². The molecule has 1 fully saturated rings. The molecule has 2 unspecified atom stereocenters. The summed E-state index contributed by atoms with van der Waals surface area (Å²) in [4.78, 5) is 32.0. The Bertz CT molecular complexity index is 1870. The van der Waals surface area contributed by atoms with Crippen LogP contribution in [0.3, 0.4) is 0 Å². The topological polar surface area (TPSA) is 104 Å². The Kier molecular flexibility index (Phi) is 8.68. The summed E-state index contributed by atoms with van der Waals surface area (Å²) in [6, 6.07) is 10.7. The van der Waals surface area contributed by atoms with Crippen molar-refractivity contribution in [3.05, 3.63) is 88.5 Å². The van der Waals surface area contributed by atoms with E-state index in [1.165, 1.54) is 19.4 Å². The zero-order valence-corrected chi connectivity index (χ0v) is 28.6. The second kappa shape index (κ2) is 12.9. The zero-order chi connectivity index (χ0) is 33.6. The number of pyridine rings is 1. The molecule has 0 amide bonds. The molecule has 0 spiro atoms. The van der Waals surface area contributed by atoms with Gasteiger partial charge in [-0.15, -0.1) is 0 Å². The average Bonchev–Trinajstić information content (AvgIpc) is 3.07. The fourth-order valence-electron chi connectivity index (χ4n) is 7.35. The number of allylic oxidation sites excluding steroid dienone is 1. The van der Waals surface area contributed by atoms with Crippen LogP contribution in [-0.2, 0) is 33.5 Å². The molecule has 2 aromatic heterocycles. The maximum Gasteiger partial charge on any atom is 0.310 e. The highest BCUT2D eigenvalue weighted by Crippen LogP contribution is 2.43. The molecule has 9 heteroatoms. The van der Waals surface area contributed by atoms with Gasteiger partial charge in [0.25, 0.3) is 0 Å². The molecule has 0 radical (unpaired) electrons. The van der Waals surface area contributed by atoms with E-state index in [1.54, 1.807) is 0 Å². The van der Waals surface area contributed by atoms with Crippen LogP contribution in [0.4, 0.5) is 5.95 Å². The lowest BCUT2D eigenvalue weighted by atomic mass is 9.75. The first kappa shape index (κ1) is 32.2. The minimum atomic E-state index is -1.35. The smallest absolute Gasteiger partial charge is 0.310 e. The number of esters is 1. The highest BCUT2D eigenvalue weighted by atomic mass is 16.5. The van der Waals surface area contributed by atoms with E-state index in [0.717, 1.165) is 101 Å². The molecule has 0 saturated carbocycles. The van der Waals surface area contributed by atoms with Gasteiger partial charge in [-0.05, 0) is 89.0 Å². The van der Waals surface area contributed by atoms with Gasteiger partial charge in [0.2, 0.25) is 5.95 Å². The maximum absolute atomic E-state index is 13.2. The van der Waals surface area contributed by atoms with Crippen molar-refractivity contribution in [3.8, 4) is 11.1 Å². The molecule has 9 nitrogen and oxygen atoms in total. The molecule has 4 heterocycles. The third-order valence-electron chi connectivity index (χ3n) is 10.1. The van der Waals surface area contributed by atoms with Crippen LogP contribution in [-0.4, -0.2) is 77.9 Å². The second-order valence-corrected chi connectivity index (χ2v) is 14.3. The van der Waals surface area contributed by atoms with Crippen LogP contribution in [0.2, 0.25) is 0 Å². The Hall–Kier alpha value is -4.34. The van der Waals surface area contributed by atoms with Gasteiger partial charge in [0.15, 0.2) is 0 Å². The van der Waals surface area contributed by atoms with Crippen LogP contribution >= 0.6 is 0 Å². The number of carbonyl (C=O) groups excluding carboxylic acids is 1. The third kappa shape index (κ3) is 6.54. The third-order valence-corrected chi connectivity index (χ3v) is 10.1. The van der Waals surface area contributed by atoms with Gasteiger partial charge in [0, 0.05) is 62.3 Å². The summed E-state index contributed by atoms with van der Waals surface area (Å²) >= 11 is 0. The SMILES string of the molecule is Cc1cc2cc(-c3cnc(N4CCN(C)CC4)nc3)ccc2c(C(C)C2C=C3OCCc4ccnc(c43)C2)c1CC(=O)OCC(C)(C)[O-]. The van der Waals surface area contributed by atoms with Gasteiger partial charge in [0.05, 0.1) is 25.3 Å². The number of benzene rings is 2. The lowest BCUT2D eigenvalue weighted by Crippen LogP contribution is -2.45. The van der Waals surface area contributed by atoms with E-state index in [9.17, 15) is 9.90 Å². The van der Waals surface area contributed by atoms with Crippen LogP contribution in [0.1, 0.15) is 60.2 Å². The van der Waals surface area contributed by atoms with Crippen LogP contribution in [0.5, 0.6) is 0 Å². The molecule has 7 rings (SSSR count). The average molecular weight is 647 g/mol. The largest absolute Gasteiger partial charge is 0.847 e. The number of aromatic nitrogens is 3. The predicted octanol–water partition coefficient (Wildman–Crippen LogP) is 4.87. The van der Waals surface area contributed by atoms with Crippen molar-refractivity contribution in [3.63, 3.8) is 0 Å². The fraction of sp³-hybridized carbons (Fsp3) is 0.436. The van der Waals surface area contributed by atoms with E-state index < -0.39 is 11.6 Å². The highest BCUT2D eigenvalue weighted by molar-refractivity contribution is 5.93. The molecule has 0 bridgehead atoms. The quantitative estimate of drug-likeness (QED) is 0.248. The summed E-state index contributed by atoms with van der Waals surface area (Å²) in [6.45, 7) is 11.7. The number of nitrogens with zero attached hydrogens (tertiary/aromatic N) is 5. The Labute approximate surface area is 282 Å². The first-order valence-corrected chi connectivity index (χ1v) is 17.0. The minimum absolute atomic E-state index is 0.0415. The lowest BCUT2D eigenvalue weighted by molar-refractivity contribution is -0.470. The van der Waals surface area contributed by atoms with Gasteiger partial charge < -0.3 is 24.4 Å². The Morgan fingerprint density at radius 2 is 1.85 bits per heavy atom. The number of carbonyl (C=O) groups is 1. The minimum Gasteiger partial charge on any atom is -0.847 e. The lowest BCUT2D eigenvalue weighted by Gasteiger charge is -2.33. The molecular weight excluding hydrogens is 602 g/mol. The van der Waals surface area contributed by atoms with E-state index in [1.807, 2.05) is 18.6 Å². The first-order valence-electron chi connectivity index (χ1n) is 17.0. The molecule has 48 heavy (non-hydrogen) atoms. The molecule has 1 saturated heterocycles. The molecule has 2 atom stereocenters. The molecule has 2 aliphatic heterocycles. The van der Waals surface area contributed by atoms with Crippen LogP contribution < -0.4 is 10.0 Å². The van der Waals surface area contributed by atoms with Gasteiger partial charge in [-0.2, -0.15) is 0 Å². The molecule has 1 aliphatic carbocycles. The summed E-state index contributed by atoms with van der Waals surface area (Å²) in [6.07, 6.45) is 9.78. The first-order chi connectivity index (χ1) is 23.0. The van der Waals surface area contributed by atoms with E-state index in [2.05, 4.69) is 67.1 Å². The number of aryl methyl sites for hydroxylation is 1. The molecule has 2 aromatic carbocycles. The van der Waals surface area contributed by atoms with Crippen LogP contribution in [0.25, 0.3) is 27.7 Å². The van der Waals surface area contributed by atoms with Crippen molar-refractivity contribution in [1.29, 1.82) is 0 Å². The van der Waals surface area contributed by atoms with E-state index >= 15 is 0 Å². The fourth-order valence-corrected chi connectivity index (χ4v) is 7.35. The Morgan fingerprint density at radius 1 is 1.08 bits per heavy atom. The van der Waals surface area contributed by atoms with E-state index in [0.29, 0.717) is 6.61 Å². The Morgan fingerprint density at radius 3 is 2.60 bits per heavy atom. The standard InChI is InChI=1S/C39H44N5O4/c1-24-16-29-17-27(30-21-41-38(42-22-30)44-13-11-43(5)12-14-44)6-7-31(29)36(32(24)20-35(45)48-23-39(3,4)46)25(2)28-18-33-37-26(8-10-40-33)9-15-47-34(37)19-28/h6-8,10,16-17,19,21-22,25,28H,9,11-15,18,20,23H2,1-5H3/q-1. The van der Waals surface area contributed by atoms with E-state index in [4.69, 9.17) is 24.4 Å². The molecule has 0 N–H and O–H groups in total. The summed E-state index contributed by atoms with van der Waals surface area (Å²) in [5, 5.41) is 14.4. The van der Waals surface area contributed by atoms with Gasteiger partial charge >= 0.3 is 5.97 Å². The summed E-state index contributed by atoms with van der Waals surface area (Å²) < 4.78 is 11.7. The van der Waals surface area contributed by atoms with Gasteiger partial charge in [-0.25, -0.2) is 9.97 Å². The number of rotatable bonds is 8. The van der Waals surface area contributed by atoms with Gasteiger partial charge in [-0.3, -0.25) is 9.78 Å². The number of fused-ring (bicyclic) bond motifs is 1. The summed E-state index contributed by atoms with van der Waals surface area (Å²) in [7, 11) is 2.14. The van der Waals surface area contributed by atoms with Crippen molar-refractivity contribution in [2.45, 2.75) is 58.5 Å². The zero-order valence-electron chi connectivity index (χ0n) is 28.6. The van der Waals surface area contributed by atoms with Crippen LogP contribution in [0.15, 0.2) is 55.0 Å². The van der Waals surface area contributed by atoms with Gasteiger partial charge in [0.1, 0.15) is 5.76 Å². The number of ether oxygens (including phenoxy) is 2. The van der Waals surface area contributed by atoms with Crippen molar-refractivity contribution in [2.24, 2.45) is 5.92 Å². The molecule has 250 valence electrons. The normalized spacial score (nSPS) is 18.6. The molecule has 3 aliphatic rings. The van der Waals surface area contributed by atoms with Crippen molar-refractivity contribution < 1.29 is 19.4 Å².